The molecule has 0 bridgehead atoms. The standard InChI is InChI=1S/C19H21Cl2N5S/c1-13-5-6-15(10-22-13)14(2)24-25-19(23-12-26(3)4)27-11-16-7-8-17(20)9-18(16)21/h5-10,12H,11H2,1-4H3. The number of hydrogen-bond acceptors (Lipinski definition) is 4. The highest BCUT2D eigenvalue weighted by molar-refractivity contribution is 8.13. The SMILES string of the molecule is CC(=NN=C(N=CN(C)C)SCc1ccc(Cl)cc1Cl)c1ccc(C)nc1. The Balaban J connectivity index is 2.18. The van der Waals surface area contributed by atoms with E-state index in [0.717, 1.165) is 22.5 Å². The molecule has 0 radical (unpaired) electrons. The molecule has 2 aromatic rings. The first kappa shape index (κ1) is 21.4. The highest BCUT2D eigenvalue weighted by Gasteiger charge is 2.05. The molecule has 0 spiro atoms. The minimum absolute atomic E-state index is 0.536. The molecule has 142 valence electrons. The largest absolute Gasteiger partial charge is 0.369 e. The Morgan fingerprint density at radius 3 is 2.59 bits per heavy atom. The smallest absolute Gasteiger partial charge is 0.210 e. The van der Waals surface area contributed by atoms with Crippen LogP contribution < -0.4 is 0 Å². The third kappa shape index (κ3) is 7.33. The first-order valence-electron chi connectivity index (χ1n) is 8.18. The molecular weight excluding hydrogens is 401 g/mol. The van der Waals surface area contributed by atoms with Gasteiger partial charge in [-0.3, -0.25) is 4.98 Å². The molecule has 2 rings (SSSR count). The first-order chi connectivity index (χ1) is 12.8. The Labute approximate surface area is 174 Å². The van der Waals surface area contributed by atoms with Gasteiger partial charge >= 0.3 is 0 Å². The van der Waals surface area contributed by atoms with Crippen LogP contribution in [0.15, 0.2) is 51.7 Å². The summed E-state index contributed by atoms with van der Waals surface area (Å²) < 4.78 is 0. The number of thioether (sulfide) groups is 1. The number of benzene rings is 1. The van der Waals surface area contributed by atoms with E-state index in [1.54, 1.807) is 18.6 Å². The molecule has 1 heterocycles. The molecule has 1 aromatic carbocycles. The van der Waals surface area contributed by atoms with Crippen molar-refractivity contribution in [1.82, 2.24) is 9.88 Å². The Morgan fingerprint density at radius 2 is 1.96 bits per heavy atom. The minimum Gasteiger partial charge on any atom is -0.369 e. The van der Waals surface area contributed by atoms with Crippen molar-refractivity contribution in [2.45, 2.75) is 19.6 Å². The lowest BCUT2D eigenvalue weighted by Crippen LogP contribution is -2.09. The van der Waals surface area contributed by atoms with Gasteiger partial charge < -0.3 is 4.90 Å². The summed E-state index contributed by atoms with van der Waals surface area (Å²) in [6, 6.07) is 9.36. The third-order valence-corrected chi connectivity index (χ3v) is 4.87. The van der Waals surface area contributed by atoms with Gasteiger partial charge in [-0.2, -0.15) is 5.10 Å². The van der Waals surface area contributed by atoms with E-state index in [0.29, 0.717) is 21.0 Å². The Kier molecular flexibility index (Phi) is 8.28. The van der Waals surface area contributed by atoms with Crippen molar-refractivity contribution in [2.75, 3.05) is 14.1 Å². The van der Waals surface area contributed by atoms with Gasteiger partial charge in [0.05, 0.1) is 12.1 Å². The molecule has 0 fully saturated rings. The molecule has 0 amide bonds. The van der Waals surface area contributed by atoms with Crippen LogP contribution in [-0.2, 0) is 5.75 Å². The number of aryl methyl sites for hydroxylation is 1. The van der Waals surface area contributed by atoms with Crippen LogP contribution in [0.2, 0.25) is 10.0 Å². The quantitative estimate of drug-likeness (QED) is 0.373. The number of pyridine rings is 1. The van der Waals surface area contributed by atoms with Crippen molar-refractivity contribution in [3.8, 4) is 0 Å². The Hall–Kier alpha value is -1.89. The summed E-state index contributed by atoms with van der Waals surface area (Å²) in [5.41, 5.74) is 3.61. The van der Waals surface area contributed by atoms with Crippen LogP contribution in [0.4, 0.5) is 0 Å². The zero-order valence-electron chi connectivity index (χ0n) is 15.6. The maximum absolute atomic E-state index is 6.24. The fourth-order valence-corrected chi connectivity index (χ4v) is 3.21. The van der Waals surface area contributed by atoms with Gasteiger partial charge in [0.25, 0.3) is 0 Å². The zero-order valence-corrected chi connectivity index (χ0v) is 18.0. The highest BCUT2D eigenvalue weighted by atomic mass is 35.5. The van der Waals surface area contributed by atoms with Crippen LogP contribution in [0, 0.1) is 6.92 Å². The average Bonchev–Trinajstić information content (AvgIpc) is 2.62. The van der Waals surface area contributed by atoms with E-state index in [1.165, 1.54) is 11.8 Å². The van der Waals surface area contributed by atoms with Crippen LogP contribution in [0.3, 0.4) is 0 Å². The highest BCUT2D eigenvalue weighted by Crippen LogP contribution is 2.25. The third-order valence-electron chi connectivity index (χ3n) is 3.39. The van der Waals surface area contributed by atoms with Crippen molar-refractivity contribution in [2.24, 2.45) is 15.2 Å². The summed E-state index contributed by atoms with van der Waals surface area (Å²) in [5, 5.41) is 10.4. The summed E-state index contributed by atoms with van der Waals surface area (Å²) in [7, 11) is 3.79. The van der Waals surface area contributed by atoms with Crippen LogP contribution in [0.5, 0.6) is 0 Å². The molecule has 5 nitrogen and oxygen atoms in total. The van der Waals surface area contributed by atoms with Gasteiger partial charge in [0.1, 0.15) is 0 Å². The fraction of sp³-hybridized carbons (Fsp3) is 0.263. The number of rotatable bonds is 5. The van der Waals surface area contributed by atoms with E-state index in [-0.39, 0.29) is 0 Å². The summed E-state index contributed by atoms with van der Waals surface area (Å²) in [5.74, 6) is 0.611. The molecule has 0 saturated heterocycles. The second-order valence-corrected chi connectivity index (χ2v) is 7.77. The van der Waals surface area contributed by atoms with Crippen molar-refractivity contribution < 1.29 is 0 Å². The molecule has 0 unspecified atom stereocenters. The van der Waals surface area contributed by atoms with Gasteiger partial charge in [0, 0.05) is 47.3 Å². The summed E-state index contributed by atoms with van der Waals surface area (Å²) in [4.78, 5) is 10.5. The molecule has 0 N–H and O–H groups in total. The fourth-order valence-electron chi connectivity index (χ4n) is 1.90. The van der Waals surface area contributed by atoms with Gasteiger partial charge in [-0.15, -0.1) is 5.10 Å². The average molecular weight is 422 g/mol. The Morgan fingerprint density at radius 1 is 1.19 bits per heavy atom. The predicted molar refractivity (Wildman–Crippen MR) is 119 cm³/mol. The van der Waals surface area contributed by atoms with Gasteiger partial charge in [-0.1, -0.05) is 41.0 Å². The Bertz CT molecular complexity index is 861. The maximum atomic E-state index is 6.24. The number of aliphatic imine (C=N–C) groups is 1. The number of aromatic nitrogens is 1. The van der Waals surface area contributed by atoms with Crippen molar-refractivity contribution >= 4 is 52.2 Å². The molecule has 27 heavy (non-hydrogen) atoms. The normalized spacial score (nSPS) is 12.7. The van der Waals surface area contributed by atoms with E-state index in [9.17, 15) is 0 Å². The lowest BCUT2D eigenvalue weighted by molar-refractivity contribution is 0.644. The first-order valence-corrected chi connectivity index (χ1v) is 9.92. The van der Waals surface area contributed by atoms with Crippen molar-refractivity contribution in [1.29, 1.82) is 0 Å². The van der Waals surface area contributed by atoms with Crippen molar-refractivity contribution in [3.05, 3.63) is 63.4 Å². The van der Waals surface area contributed by atoms with E-state index in [2.05, 4.69) is 20.2 Å². The van der Waals surface area contributed by atoms with Crippen LogP contribution >= 0.6 is 35.0 Å². The minimum atomic E-state index is 0.536. The molecular formula is C19H21Cl2N5S. The monoisotopic (exact) mass is 421 g/mol. The zero-order chi connectivity index (χ0) is 19.8. The summed E-state index contributed by atoms with van der Waals surface area (Å²) in [6.45, 7) is 3.84. The number of hydrogen-bond donors (Lipinski definition) is 0. The lowest BCUT2D eigenvalue weighted by Gasteiger charge is -2.06. The molecule has 0 aliphatic rings. The lowest BCUT2D eigenvalue weighted by atomic mass is 10.2. The second-order valence-electron chi connectivity index (χ2n) is 5.99. The molecule has 0 aliphatic heterocycles. The van der Waals surface area contributed by atoms with E-state index in [1.807, 2.05) is 57.1 Å². The molecule has 0 atom stereocenters. The van der Waals surface area contributed by atoms with E-state index >= 15 is 0 Å². The second kappa shape index (κ2) is 10.4. The number of amidine groups is 1. The summed E-state index contributed by atoms with van der Waals surface area (Å²) >= 11 is 13.6. The molecule has 0 aliphatic carbocycles. The van der Waals surface area contributed by atoms with Crippen molar-refractivity contribution in [3.63, 3.8) is 0 Å². The van der Waals surface area contributed by atoms with Crippen LogP contribution in [0.25, 0.3) is 0 Å². The van der Waals surface area contributed by atoms with Gasteiger partial charge in [-0.25, -0.2) is 4.99 Å². The molecule has 0 saturated carbocycles. The summed E-state index contributed by atoms with van der Waals surface area (Å²) in [6.07, 6.45) is 3.47. The topological polar surface area (TPSA) is 53.2 Å². The van der Waals surface area contributed by atoms with Crippen LogP contribution in [0.1, 0.15) is 23.7 Å². The van der Waals surface area contributed by atoms with Crippen LogP contribution in [-0.4, -0.2) is 41.2 Å². The van der Waals surface area contributed by atoms with E-state index in [4.69, 9.17) is 23.2 Å². The van der Waals surface area contributed by atoms with Gasteiger partial charge in [0.2, 0.25) is 5.17 Å². The number of nitrogens with zero attached hydrogens (tertiary/aromatic N) is 5. The number of halogens is 2. The predicted octanol–water partition coefficient (Wildman–Crippen LogP) is 5.30. The molecule has 1 aromatic heterocycles. The van der Waals surface area contributed by atoms with Gasteiger partial charge in [-0.05, 0) is 43.7 Å². The van der Waals surface area contributed by atoms with Gasteiger partial charge in [0.15, 0.2) is 0 Å². The van der Waals surface area contributed by atoms with E-state index < -0.39 is 0 Å². The molecule has 8 heteroatoms. The maximum Gasteiger partial charge on any atom is 0.210 e.